The standard InChI is InChI=1S/C12H16N2O3/c1-14(2)12(16)17-11-7-10(15)8-5-3-4-6-9(8)13-11/h7H,3-6H2,1-2H3,(H,13,15). The van der Waals surface area contributed by atoms with E-state index in [-0.39, 0.29) is 11.3 Å². The van der Waals surface area contributed by atoms with Crippen molar-refractivity contribution in [3.8, 4) is 5.88 Å². The highest BCUT2D eigenvalue weighted by molar-refractivity contribution is 5.69. The summed E-state index contributed by atoms with van der Waals surface area (Å²) in [5, 5.41) is 0. The smallest absolute Gasteiger partial charge is 0.393 e. The summed E-state index contributed by atoms with van der Waals surface area (Å²) in [5.74, 6) is 0.231. The number of pyridine rings is 1. The number of carbonyl (C=O) groups excluding carboxylic acids is 1. The van der Waals surface area contributed by atoms with Crippen molar-refractivity contribution in [2.75, 3.05) is 14.1 Å². The number of aromatic amines is 1. The predicted molar refractivity (Wildman–Crippen MR) is 63.4 cm³/mol. The third-order valence-electron chi connectivity index (χ3n) is 2.86. The molecule has 0 unspecified atom stereocenters. The van der Waals surface area contributed by atoms with Crippen LogP contribution < -0.4 is 10.2 Å². The summed E-state index contributed by atoms with van der Waals surface area (Å²) in [6, 6.07) is 1.35. The lowest BCUT2D eigenvalue weighted by Gasteiger charge is -2.16. The molecule has 17 heavy (non-hydrogen) atoms. The number of rotatable bonds is 1. The molecule has 1 aromatic heterocycles. The number of aryl methyl sites for hydroxylation is 1. The lowest BCUT2D eigenvalue weighted by atomic mass is 9.96. The fourth-order valence-corrected chi connectivity index (χ4v) is 1.95. The zero-order valence-electron chi connectivity index (χ0n) is 10.1. The summed E-state index contributed by atoms with van der Waals surface area (Å²) in [7, 11) is 3.19. The summed E-state index contributed by atoms with van der Waals surface area (Å²) in [6.07, 6.45) is 3.28. The molecule has 0 bridgehead atoms. The fourth-order valence-electron chi connectivity index (χ4n) is 1.95. The van der Waals surface area contributed by atoms with Crippen molar-refractivity contribution < 1.29 is 9.53 Å². The van der Waals surface area contributed by atoms with E-state index in [1.807, 2.05) is 0 Å². The van der Waals surface area contributed by atoms with E-state index in [9.17, 15) is 9.59 Å². The van der Waals surface area contributed by atoms with Crippen molar-refractivity contribution >= 4 is 6.09 Å². The maximum absolute atomic E-state index is 11.8. The van der Waals surface area contributed by atoms with Crippen LogP contribution in [0.15, 0.2) is 10.9 Å². The zero-order chi connectivity index (χ0) is 12.4. The van der Waals surface area contributed by atoms with Gasteiger partial charge in [0.05, 0.1) is 0 Å². The van der Waals surface area contributed by atoms with E-state index in [0.29, 0.717) is 0 Å². The van der Waals surface area contributed by atoms with Gasteiger partial charge in [0.1, 0.15) is 0 Å². The van der Waals surface area contributed by atoms with Gasteiger partial charge < -0.3 is 14.6 Å². The lowest BCUT2D eigenvalue weighted by molar-refractivity contribution is 0.170. The van der Waals surface area contributed by atoms with E-state index in [0.717, 1.165) is 36.9 Å². The topological polar surface area (TPSA) is 62.4 Å². The largest absolute Gasteiger partial charge is 0.415 e. The molecule has 1 aliphatic rings. The summed E-state index contributed by atoms with van der Waals surface area (Å²) in [4.78, 5) is 27.5. The molecule has 0 saturated heterocycles. The highest BCUT2D eigenvalue weighted by Gasteiger charge is 2.16. The Balaban J connectivity index is 2.28. The second-order valence-electron chi connectivity index (χ2n) is 4.42. The molecule has 2 rings (SSSR count). The molecule has 92 valence electrons. The van der Waals surface area contributed by atoms with Crippen LogP contribution in [-0.2, 0) is 12.8 Å². The monoisotopic (exact) mass is 236 g/mol. The van der Waals surface area contributed by atoms with Gasteiger partial charge in [0.15, 0.2) is 5.43 Å². The Morgan fingerprint density at radius 2 is 2.06 bits per heavy atom. The Bertz CT molecular complexity index is 491. The zero-order valence-corrected chi connectivity index (χ0v) is 10.1. The van der Waals surface area contributed by atoms with Gasteiger partial charge in [-0.1, -0.05) is 0 Å². The van der Waals surface area contributed by atoms with Gasteiger partial charge in [-0.05, 0) is 25.7 Å². The van der Waals surface area contributed by atoms with Crippen LogP contribution in [0.1, 0.15) is 24.1 Å². The minimum atomic E-state index is -0.489. The average Bonchev–Trinajstić information content (AvgIpc) is 2.29. The van der Waals surface area contributed by atoms with Crippen LogP contribution in [-0.4, -0.2) is 30.1 Å². The van der Waals surface area contributed by atoms with Crippen LogP contribution in [0.5, 0.6) is 5.88 Å². The normalized spacial score (nSPS) is 14.0. The lowest BCUT2D eigenvalue weighted by Crippen LogP contribution is -2.27. The molecule has 5 nitrogen and oxygen atoms in total. The van der Waals surface area contributed by atoms with Crippen molar-refractivity contribution in [2.24, 2.45) is 0 Å². The Kier molecular flexibility index (Phi) is 3.17. The molecule has 0 fully saturated rings. The second kappa shape index (κ2) is 4.61. The fraction of sp³-hybridized carbons (Fsp3) is 0.500. The first kappa shape index (κ1) is 11.7. The number of H-pyrrole nitrogens is 1. The second-order valence-corrected chi connectivity index (χ2v) is 4.42. The molecule has 0 aliphatic heterocycles. The Hall–Kier alpha value is -1.78. The Labute approximate surface area is 99.4 Å². The van der Waals surface area contributed by atoms with Gasteiger partial charge in [0.25, 0.3) is 0 Å². The van der Waals surface area contributed by atoms with E-state index in [1.165, 1.54) is 11.0 Å². The third-order valence-corrected chi connectivity index (χ3v) is 2.86. The van der Waals surface area contributed by atoms with Gasteiger partial charge in [-0.15, -0.1) is 0 Å². The molecular weight excluding hydrogens is 220 g/mol. The summed E-state index contributed by atoms with van der Waals surface area (Å²) in [5.41, 5.74) is 1.70. The first-order chi connectivity index (χ1) is 8.08. The van der Waals surface area contributed by atoms with E-state index < -0.39 is 6.09 Å². The molecule has 1 aliphatic carbocycles. The summed E-state index contributed by atoms with van der Waals surface area (Å²) >= 11 is 0. The molecule has 1 amide bonds. The van der Waals surface area contributed by atoms with Crippen LogP contribution in [0.4, 0.5) is 4.79 Å². The van der Waals surface area contributed by atoms with Crippen LogP contribution in [0, 0.1) is 0 Å². The molecule has 5 heteroatoms. The minimum absolute atomic E-state index is 0.0417. The molecule has 0 atom stereocenters. The molecule has 1 N–H and O–H groups in total. The van der Waals surface area contributed by atoms with Crippen molar-refractivity contribution in [2.45, 2.75) is 25.7 Å². The number of amides is 1. The first-order valence-corrected chi connectivity index (χ1v) is 5.72. The van der Waals surface area contributed by atoms with Crippen LogP contribution in [0.2, 0.25) is 0 Å². The number of fused-ring (bicyclic) bond motifs is 1. The number of hydrogen-bond donors (Lipinski definition) is 1. The highest BCUT2D eigenvalue weighted by atomic mass is 16.6. The minimum Gasteiger partial charge on any atom is -0.393 e. The van der Waals surface area contributed by atoms with Gasteiger partial charge in [0.2, 0.25) is 5.88 Å². The van der Waals surface area contributed by atoms with Crippen molar-refractivity contribution in [1.82, 2.24) is 9.88 Å². The van der Waals surface area contributed by atoms with Crippen LogP contribution in [0.25, 0.3) is 0 Å². The summed E-state index contributed by atoms with van der Waals surface area (Å²) < 4.78 is 5.05. The third kappa shape index (κ3) is 2.49. The van der Waals surface area contributed by atoms with Gasteiger partial charge >= 0.3 is 6.09 Å². The number of hydrogen-bond acceptors (Lipinski definition) is 3. The Morgan fingerprint density at radius 1 is 1.35 bits per heavy atom. The molecule has 1 aromatic rings. The van der Waals surface area contributed by atoms with E-state index in [2.05, 4.69) is 4.98 Å². The van der Waals surface area contributed by atoms with E-state index in [1.54, 1.807) is 14.1 Å². The van der Waals surface area contributed by atoms with Crippen LogP contribution in [0.3, 0.4) is 0 Å². The molecular formula is C12H16N2O3. The number of ether oxygens (including phenoxy) is 1. The van der Waals surface area contributed by atoms with Crippen LogP contribution >= 0.6 is 0 Å². The average molecular weight is 236 g/mol. The quantitative estimate of drug-likeness (QED) is 0.799. The van der Waals surface area contributed by atoms with Gasteiger partial charge in [-0.25, -0.2) is 4.79 Å². The van der Waals surface area contributed by atoms with Crippen molar-refractivity contribution in [3.63, 3.8) is 0 Å². The maximum atomic E-state index is 11.8. The molecule has 1 heterocycles. The SMILES string of the molecule is CN(C)C(=O)Oc1cc(=O)c2c([nH]1)CCCC2. The molecule has 0 aromatic carbocycles. The van der Waals surface area contributed by atoms with E-state index in [4.69, 9.17) is 4.74 Å². The molecule has 0 radical (unpaired) electrons. The summed E-state index contributed by atoms with van der Waals surface area (Å²) in [6.45, 7) is 0. The maximum Gasteiger partial charge on any atom is 0.415 e. The Morgan fingerprint density at radius 3 is 2.76 bits per heavy atom. The predicted octanol–water partition coefficient (Wildman–Crippen LogP) is 1.31. The number of nitrogens with zero attached hydrogens (tertiary/aromatic N) is 1. The molecule has 0 spiro atoms. The molecule has 0 saturated carbocycles. The van der Waals surface area contributed by atoms with Crippen molar-refractivity contribution in [3.05, 3.63) is 27.5 Å². The van der Waals surface area contributed by atoms with Gasteiger partial charge in [0, 0.05) is 31.4 Å². The van der Waals surface area contributed by atoms with Gasteiger partial charge in [-0.2, -0.15) is 0 Å². The highest BCUT2D eigenvalue weighted by Crippen LogP contribution is 2.18. The first-order valence-electron chi connectivity index (χ1n) is 5.72. The van der Waals surface area contributed by atoms with Gasteiger partial charge in [-0.3, -0.25) is 4.79 Å². The van der Waals surface area contributed by atoms with E-state index >= 15 is 0 Å². The number of nitrogens with one attached hydrogen (secondary N) is 1. The number of carbonyl (C=O) groups is 1. The van der Waals surface area contributed by atoms with Crippen molar-refractivity contribution in [1.29, 1.82) is 0 Å². The number of aromatic nitrogens is 1.